The summed E-state index contributed by atoms with van der Waals surface area (Å²) in [6.07, 6.45) is 0. The van der Waals surface area contributed by atoms with Crippen molar-refractivity contribution in [1.82, 2.24) is 0 Å². The molecule has 2 bridgehead atoms. The topological polar surface area (TPSA) is 29.5 Å². The van der Waals surface area contributed by atoms with E-state index in [4.69, 9.17) is 4.74 Å². The summed E-state index contributed by atoms with van der Waals surface area (Å²) in [4.78, 5) is 0. The van der Waals surface area contributed by atoms with Gasteiger partial charge in [-0.3, -0.25) is 0 Å². The molecule has 0 amide bonds. The van der Waals surface area contributed by atoms with E-state index in [9.17, 15) is 5.11 Å². The van der Waals surface area contributed by atoms with E-state index in [0.29, 0.717) is 17.9 Å². The van der Waals surface area contributed by atoms with Crippen molar-refractivity contribution in [2.24, 2.45) is 52.8 Å². The molecule has 14 heavy (non-hydrogen) atoms. The Morgan fingerprint density at radius 1 is 1.07 bits per heavy atom. The maximum absolute atomic E-state index is 9.42. The highest BCUT2D eigenvalue weighted by Gasteiger charge is 2.99. The van der Waals surface area contributed by atoms with Crippen LogP contribution in [-0.4, -0.2) is 25.4 Å². The van der Waals surface area contributed by atoms with Gasteiger partial charge in [0.2, 0.25) is 0 Å². The van der Waals surface area contributed by atoms with Crippen LogP contribution >= 0.6 is 0 Å². The lowest BCUT2D eigenvalue weighted by Gasteiger charge is -2.18. The summed E-state index contributed by atoms with van der Waals surface area (Å²) in [5.41, 5.74) is 0.644. The number of methoxy groups -OCH3 is 1. The molecular formula is C12H16O2. The third kappa shape index (κ3) is 0.396. The molecule has 6 saturated carbocycles. The molecule has 2 nitrogen and oxygen atoms in total. The van der Waals surface area contributed by atoms with Gasteiger partial charge in [-0.05, 0) is 47.3 Å². The van der Waals surface area contributed by atoms with Gasteiger partial charge < -0.3 is 9.84 Å². The predicted octanol–water partition coefficient (Wildman–Crippen LogP) is 0.609. The van der Waals surface area contributed by atoms with Gasteiger partial charge in [0.05, 0.1) is 6.61 Å². The third-order valence-electron chi connectivity index (χ3n) is 6.58. The monoisotopic (exact) mass is 192 g/mol. The number of hydrogen-bond acceptors (Lipinski definition) is 2. The van der Waals surface area contributed by atoms with Gasteiger partial charge in [0, 0.05) is 19.1 Å². The van der Waals surface area contributed by atoms with E-state index in [-0.39, 0.29) is 0 Å². The summed E-state index contributed by atoms with van der Waals surface area (Å²) in [5.74, 6) is 7.58. The van der Waals surface area contributed by atoms with E-state index >= 15 is 0 Å². The second kappa shape index (κ2) is 1.69. The van der Waals surface area contributed by atoms with Gasteiger partial charge in [-0.15, -0.1) is 0 Å². The maximum Gasteiger partial charge on any atom is 0.0527 e. The number of ether oxygens (including phenoxy) is 1. The van der Waals surface area contributed by atoms with Crippen LogP contribution in [0.2, 0.25) is 0 Å². The van der Waals surface area contributed by atoms with Crippen molar-refractivity contribution in [1.29, 1.82) is 0 Å². The van der Waals surface area contributed by atoms with Crippen LogP contribution in [0.15, 0.2) is 0 Å². The minimum absolute atomic E-state index is 0.463. The molecule has 0 heterocycles. The Labute approximate surface area is 83.6 Å². The average molecular weight is 192 g/mol. The third-order valence-corrected chi connectivity index (χ3v) is 6.58. The van der Waals surface area contributed by atoms with Crippen LogP contribution in [0.3, 0.4) is 0 Å². The van der Waals surface area contributed by atoms with Crippen molar-refractivity contribution < 1.29 is 9.84 Å². The molecule has 6 aliphatic carbocycles. The van der Waals surface area contributed by atoms with Gasteiger partial charge in [-0.25, -0.2) is 0 Å². The van der Waals surface area contributed by atoms with Gasteiger partial charge >= 0.3 is 0 Å². The minimum atomic E-state index is 0.463. The van der Waals surface area contributed by atoms with E-state index < -0.39 is 0 Å². The fraction of sp³-hybridized carbons (Fsp3) is 1.00. The molecule has 0 aliphatic heterocycles. The van der Waals surface area contributed by atoms with Crippen molar-refractivity contribution in [3.05, 3.63) is 0 Å². The summed E-state index contributed by atoms with van der Waals surface area (Å²) in [6.45, 7) is 1.48. The first kappa shape index (κ1) is 7.24. The molecule has 0 aromatic rings. The van der Waals surface area contributed by atoms with Crippen molar-refractivity contribution in [3.63, 3.8) is 0 Å². The van der Waals surface area contributed by atoms with E-state index in [1.54, 1.807) is 0 Å². The van der Waals surface area contributed by atoms with Crippen LogP contribution < -0.4 is 0 Å². The second-order valence-corrected chi connectivity index (χ2v) is 6.28. The minimum Gasteiger partial charge on any atom is -0.396 e. The Balaban J connectivity index is 1.61. The first-order valence-electron chi connectivity index (χ1n) is 5.97. The van der Waals surface area contributed by atoms with Gasteiger partial charge in [0.25, 0.3) is 0 Å². The molecule has 0 aromatic carbocycles. The first-order chi connectivity index (χ1) is 6.88. The lowest BCUT2D eigenvalue weighted by atomic mass is 9.90. The molecule has 6 rings (SSSR count). The lowest BCUT2D eigenvalue weighted by Crippen LogP contribution is -2.19. The van der Waals surface area contributed by atoms with Crippen LogP contribution in [0.4, 0.5) is 0 Å². The number of aliphatic hydroxyl groups is 1. The Morgan fingerprint density at radius 2 is 1.71 bits per heavy atom. The Hall–Kier alpha value is -0.0800. The Bertz CT molecular complexity index is 315. The summed E-state index contributed by atoms with van der Waals surface area (Å²) in [6, 6.07) is 0. The quantitative estimate of drug-likeness (QED) is 0.710. The van der Waals surface area contributed by atoms with Crippen LogP contribution in [0.5, 0.6) is 0 Å². The molecule has 76 valence electrons. The maximum atomic E-state index is 9.42. The van der Waals surface area contributed by atoms with Crippen molar-refractivity contribution >= 4 is 0 Å². The molecule has 1 N–H and O–H groups in total. The molecule has 0 spiro atoms. The Kier molecular flexibility index (Phi) is 0.875. The summed E-state index contributed by atoms with van der Waals surface area (Å²) in [5, 5.41) is 9.42. The van der Waals surface area contributed by atoms with Crippen LogP contribution in [-0.2, 0) is 4.74 Å². The average Bonchev–Trinajstić information content (AvgIpc) is 2.95. The molecule has 2 heteroatoms. The SMILES string of the molecule is COCC12C3[C@@H]4[C@@H]3[C@@H]3C(CO)[C@H]4[C@H]1[C@@H]32. The standard InChI is InChI=1S/C12H16O2/c1-14-3-12-9-7-5-4(2-13)6(8(7)9)11(12)10(5)12/h4-11,13H,2-3H2,1H3/t4?,5-,6+,7-,8-,9?,10+,11-,12?/m0/s1. The number of rotatable bonds is 3. The highest BCUT2D eigenvalue weighted by Crippen LogP contribution is 3.00. The first-order valence-corrected chi connectivity index (χ1v) is 5.97. The second-order valence-electron chi connectivity index (χ2n) is 6.28. The van der Waals surface area contributed by atoms with Gasteiger partial charge in [0.15, 0.2) is 0 Å². The zero-order valence-electron chi connectivity index (χ0n) is 8.39. The van der Waals surface area contributed by atoms with Crippen LogP contribution in [0.1, 0.15) is 0 Å². The fourth-order valence-corrected chi connectivity index (χ4v) is 6.85. The fourth-order valence-electron chi connectivity index (χ4n) is 6.85. The predicted molar refractivity (Wildman–Crippen MR) is 49.3 cm³/mol. The van der Waals surface area contributed by atoms with E-state index in [1.165, 1.54) is 0 Å². The van der Waals surface area contributed by atoms with Gasteiger partial charge in [0.1, 0.15) is 0 Å². The van der Waals surface area contributed by atoms with Crippen LogP contribution in [0.25, 0.3) is 0 Å². The molecule has 6 fully saturated rings. The molecule has 3 unspecified atom stereocenters. The molecule has 0 radical (unpaired) electrons. The Morgan fingerprint density at radius 3 is 2.21 bits per heavy atom. The van der Waals surface area contributed by atoms with E-state index in [2.05, 4.69) is 0 Å². The van der Waals surface area contributed by atoms with E-state index in [1.807, 2.05) is 7.11 Å². The summed E-state index contributed by atoms with van der Waals surface area (Å²) < 4.78 is 5.44. The molecule has 6 aliphatic rings. The van der Waals surface area contributed by atoms with Crippen molar-refractivity contribution in [2.75, 3.05) is 20.3 Å². The molecular weight excluding hydrogens is 176 g/mol. The summed E-state index contributed by atoms with van der Waals surface area (Å²) in [7, 11) is 1.85. The molecule has 0 aromatic heterocycles. The van der Waals surface area contributed by atoms with Gasteiger partial charge in [-0.1, -0.05) is 0 Å². The normalized spacial score (nSPS) is 78.4. The largest absolute Gasteiger partial charge is 0.396 e. The summed E-state index contributed by atoms with van der Waals surface area (Å²) >= 11 is 0. The highest BCUT2D eigenvalue weighted by molar-refractivity contribution is 5.45. The zero-order chi connectivity index (χ0) is 9.24. The number of hydrogen-bond donors (Lipinski definition) is 1. The highest BCUT2D eigenvalue weighted by atomic mass is 16.5. The van der Waals surface area contributed by atoms with E-state index in [0.717, 1.165) is 48.0 Å². The van der Waals surface area contributed by atoms with Gasteiger partial charge in [-0.2, -0.15) is 0 Å². The molecule has 9 atom stereocenters. The lowest BCUT2D eigenvalue weighted by molar-refractivity contribution is 0.111. The zero-order valence-corrected chi connectivity index (χ0v) is 8.39. The van der Waals surface area contributed by atoms with Crippen molar-refractivity contribution in [3.8, 4) is 0 Å². The van der Waals surface area contributed by atoms with Crippen molar-refractivity contribution in [2.45, 2.75) is 0 Å². The van der Waals surface area contributed by atoms with Crippen LogP contribution in [0, 0.1) is 52.8 Å². The smallest absolute Gasteiger partial charge is 0.0527 e. The molecule has 0 saturated heterocycles. The number of aliphatic hydroxyl groups excluding tert-OH is 1.